The zero-order chi connectivity index (χ0) is 13.1. The average Bonchev–Trinajstić information content (AvgIpc) is 2.85. The van der Waals surface area contributed by atoms with E-state index < -0.39 is 0 Å². The van der Waals surface area contributed by atoms with Crippen molar-refractivity contribution in [3.05, 3.63) is 35.9 Å². The summed E-state index contributed by atoms with van der Waals surface area (Å²) in [6.07, 6.45) is 4.79. The molecular weight excluding hydrogens is 238 g/mol. The van der Waals surface area contributed by atoms with Crippen molar-refractivity contribution < 1.29 is 9.53 Å². The Morgan fingerprint density at radius 2 is 2.00 bits per heavy atom. The second-order valence-corrected chi connectivity index (χ2v) is 5.69. The summed E-state index contributed by atoms with van der Waals surface area (Å²) in [5.74, 6) is 0.274. The highest BCUT2D eigenvalue weighted by atomic mass is 16.5. The molecule has 0 saturated carbocycles. The third-order valence-electron chi connectivity index (χ3n) is 4.39. The molecule has 0 aliphatic carbocycles. The molecule has 19 heavy (non-hydrogen) atoms. The molecule has 1 amide bonds. The summed E-state index contributed by atoms with van der Waals surface area (Å²) in [6.45, 7) is 2.43. The highest BCUT2D eigenvalue weighted by Gasteiger charge is 2.38. The lowest BCUT2D eigenvalue weighted by Gasteiger charge is -2.26. The van der Waals surface area contributed by atoms with Crippen LogP contribution in [0.5, 0.6) is 0 Å². The van der Waals surface area contributed by atoms with Crippen LogP contribution in [0.3, 0.4) is 0 Å². The summed E-state index contributed by atoms with van der Waals surface area (Å²) in [6, 6.07) is 10.2. The number of nitrogens with zero attached hydrogens (tertiary/aromatic N) is 1. The molecule has 2 aliphatic rings. The van der Waals surface area contributed by atoms with Gasteiger partial charge in [-0.15, -0.1) is 0 Å². The van der Waals surface area contributed by atoms with Gasteiger partial charge in [0.25, 0.3) is 0 Å². The fourth-order valence-electron chi connectivity index (χ4n) is 3.20. The normalized spacial score (nSPS) is 27.8. The third kappa shape index (κ3) is 2.81. The Morgan fingerprint density at radius 3 is 2.74 bits per heavy atom. The lowest BCUT2D eigenvalue weighted by atomic mass is 9.92. The molecule has 1 unspecified atom stereocenters. The number of hydrogen-bond acceptors (Lipinski definition) is 2. The lowest BCUT2D eigenvalue weighted by Crippen LogP contribution is -2.32. The van der Waals surface area contributed by atoms with Crippen molar-refractivity contribution in [3.8, 4) is 0 Å². The van der Waals surface area contributed by atoms with Gasteiger partial charge >= 0.3 is 0 Å². The Kier molecular flexibility index (Phi) is 3.56. The van der Waals surface area contributed by atoms with Gasteiger partial charge in [0.15, 0.2) is 0 Å². The summed E-state index contributed by atoms with van der Waals surface area (Å²) in [7, 11) is 0. The van der Waals surface area contributed by atoms with Crippen LogP contribution in [-0.4, -0.2) is 29.6 Å². The summed E-state index contributed by atoms with van der Waals surface area (Å²) in [5.41, 5.74) is 1.21. The quantitative estimate of drug-likeness (QED) is 0.817. The maximum absolute atomic E-state index is 12.2. The van der Waals surface area contributed by atoms with Gasteiger partial charge in [0.1, 0.15) is 0 Å². The maximum Gasteiger partial charge on any atom is 0.222 e. The summed E-state index contributed by atoms with van der Waals surface area (Å²) >= 11 is 0. The summed E-state index contributed by atoms with van der Waals surface area (Å²) in [5, 5.41) is 0. The van der Waals surface area contributed by atoms with Crippen LogP contribution in [0.25, 0.3) is 0 Å². The maximum atomic E-state index is 12.2. The molecule has 2 saturated heterocycles. The number of rotatable bonds is 2. The summed E-state index contributed by atoms with van der Waals surface area (Å²) < 4.78 is 5.93. The fourth-order valence-corrected chi connectivity index (χ4v) is 3.20. The minimum atomic E-state index is 0.00109. The van der Waals surface area contributed by atoms with Crippen LogP contribution in [-0.2, 0) is 16.1 Å². The Morgan fingerprint density at radius 1 is 1.16 bits per heavy atom. The van der Waals surface area contributed by atoms with E-state index in [1.54, 1.807) is 0 Å². The van der Waals surface area contributed by atoms with E-state index >= 15 is 0 Å². The van der Waals surface area contributed by atoms with Crippen LogP contribution in [0.4, 0.5) is 0 Å². The highest BCUT2D eigenvalue weighted by molar-refractivity contribution is 5.76. The Hall–Kier alpha value is -1.35. The van der Waals surface area contributed by atoms with Gasteiger partial charge in [-0.2, -0.15) is 0 Å². The number of carbonyl (C=O) groups excluding carboxylic acids is 1. The lowest BCUT2D eigenvalue weighted by molar-refractivity contribution is -0.131. The first-order valence-corrected chi connectivity index (χ1v) is 7.23. The number of likely N-dealkylation sites (tertiary alicyclic amines) is 1. The van der Waals surface area contributed by atoms with E-state index in [0.717, 1.165) is 45.4 Å². The Labute approximate surface area is 114 Å². The van der Waals surface area contributed by atoms with Gasteiger partial charge in [-0.25, -0.2) is 0 Å². The van der Waals surface area contributed by atoms with E-state index in [4.69, 9.17) is 4.74 Å². The van der Waals surface area contributed by atoms with E-state index in [9.17, 15) is 4.79 Å². The molecule has 1 spiro atoms. The monoisotopic (exact) mass is 259 g/mol. The first kappa shape index (κ1) is 12.7. The molecule has 1 aromatic rings. The molecular formula is C16H21NO2. The molecule has 2 fully saturated rings. The zero-order valence-electron chi connectivity index (χ0n) is 11.3. The van der Waals surface area contributed by atoms with E-state index in [0.29, 0.717) is 6.42 Å². The van der Waals surface area contributed by atoms with Crippen molar-refractivity contribution >= 4 is 5.91 Å². The molecule has 2 heterocycles. The molecule has 3 rings (SSSR count). The van der Waals surface area contributed by atoms with Gasteiger partial charge in [0.05, 0.1) is 5.60 Å². The number of amides is 1. The van der Waals surface area contributed by atoms with Crippen LogP contribution in [0.2, 0.25) is 0 Å². The average molecular weight is 259 g/mol. The Bertz CT molecular complexity index is 437. The second kappa shape index (κ2) is 5.33. The van der Waals surface area contributed by atoms with Crippen LogP contribution in [0, 0.1) is 0 Å². The van der Waals surface area contributed by atoms with Gasteiger partial charge < -0.3 is 9.64 Å². The van der Waals surface area contributed by atoms with Gasteiger partial charge in [0.2, 0.25) is 5.91 Å². The van der Waals surface area contributed by atoms with Crippen LogP contribution in [0.1, 0.15) is 37.7 Å². The molecule has 1 atom stereocenters. The van der Waals surface area contributed by atoms with E-state index in [2.05, 4.69) is 12.1 Å². The van der Waals surface area contributed by atoms with Gasteiger partial charge in [-0.3, -0.25) is 4.79 Å². The molecule has 3 heteroatoms. The number of carbonyl (C=O) groups is 1. The van der Waals surface area contributed by atoms with Gasteiger partial charge in [0, 0.05) is 26.1 Å². The molecule has 102 valence electrons. The first-order chi connectivity index (χ1) is 9.27. The number of hydrogen-bond donors (Lipinski definition) is 0. The number of benzene rings is 1. The molecule has 2 aliphatic heterocycles. The molecule has 1 aromatic carbocycles. The zero-order valence-corrected chi connectivity index (χ0v) is 11.3. The van der Waals surface area contributed by atoms with Crippen molar-refractivity contribution in [3.63, 3.8) is 0 Å². The SMILES string of the molecule is O=C1CCC2(CCCO2)CCN1Cc1ccccc1. The topological polar surface area (TPSA) is 29.5 Å². The molecule has 0 bridgehead atoms. The molecule has 0 aromatic heterocycles. The molecule has 3 nitrogen and oxygen atoms in total. The molecule has 0 N–H and O–H groups in total. The van der Waals surface area contributed by atoms with Crippen molar-refractivity contribution in [1.29, 1.82) is 0 Å². The number of ether oxygens (including phenoxy) is 1. The smallest absolute Gasteiger partial charge is 0.222 e. The second-order valence-electron chi connectivity index (χ2n) is 5.69. The van der Waals surface area contributed by atoms with E-state index in [1.807, 2.05) is 23.1 Å². The predicted molar refractivity (Wildman–Crippen MR) is 73.6 cm³/mol. The highest BCUT2D eigenvalue weighted by Crippen LogP contribution is 2.36. The van der Waals surface area contributed by atoms with Gasteiger partial charge in [-0.05, 0) is 31.2 Å². The van der Waals surface area contributed by atoms with Crippen molar-refractivity contribution in [1.82, 2.24) is 4.90 Å². The van der Waals surface area contributed by atoms with E-state index in [-0.39, 0.29) is 11.5 Å². The van der Waals surface area contributed by atoms with Gasteiger partial charge in [-0.1, -0.05) is 30.3 Å². The first-order valence-electron chi connectivity index (χ1n) is 7.23. The molecule has 0 radical (unpaired) electrons. The summed E-state index contributed by atoms with van der Waals surface area (Å²) in [4.78, 5) is 14.2. The minimum Gasteiger partial charge on any atom is -0.375 e. The van der Waals surface area contributed by atoms with Crippen LogP contribution in [0.15, 0.2) is 30.3 Å². The van der Waals surface area contributed by atoms with Crippen molar-refractivity contribution in [2.75, 3.05) is 13.2 Å². The minimum absolute atomic E-state index is 0.00109. The van der Waals surface area contributed by atoms with Crippen molar-refractivity contribution in [2.45, 2.75) is 44.2 Å². The Balaban J connectivity index is 1.67. The van der Waals surface area contributed by atoms with E-state index in [1.165, 1.54) is 5.56 Å². The standard InChI is InChI=1S/C16H21NO2/c18-15-7-9-16(8-4-12-19-16)10-11-17(15)13-14-5-2-1-3-6-14/h1-3,5-6H,4,7-13H2. The predicted octanol–water partition coefficient (Wildman–Crippen LogP) is 2.75. The van der Waals surface area contributed by atoms with Crippen molar-refractivity contribution in [2.24, 2.45) is 0 Å². The fraction of sp³-hybridized carbons (Fsp3) is 0.562. The largest absolute Gasteiger partial charge is 0.375 e. The van der Waals surface area contributed by atoms with Crippen LogP contribution >= 0.6 is 0 Å². The third-order valence-corrected chi connectivity index (χ3v) is 4.39. The van der Waals surface area contributed by atoms with Crippen LogP contribution < -0.4 is 0 Å².